The van der Waals surface area contributed by atoms with Crippen LogP contribution in [-0.4, -0.2) is 12.2 Å². The van der Waals surface area contributed by atoms with Crippen LogP contribution >= 0.6 is 23.2 Å². The Kier molecular flexibility index (Phi) is 4.40. The van der Waals surface area contributed by atoms with E-state index in [-0.39, 0.29) is 5.75 Å². The van der Waals surface area contributed by atoms with Crippen LogP contribution in [0.25, 0.3) is 0 Å². The number of methoxy groups -OCH3 is 1. The second kappa shape index (κ2) is 6.04. The molecule has 0 bridgehead atoms. The number of hydrogen-bond donors (Lipinski definition) is 2. The highest BCUT2D eigenvalue weighted by molar-refractivity contribution is 6.32. The first-order chi connectivity index (χ1) is 9.11. The second-order valence-electron chi connectivity index (χ2n) is 3.95. The molecule has 0 amide bonds. The average Bonchev–Trinajstić information content (AvgIpc) is 2.40. The summed E-state index contributed by atoms with van der Waals surface area (Å²) in [6, 6.07) is 10.6. The molecule has 3 nitrogen and oxygen atoms in total. The quantitative estimate of drug-likeness (QED) is 0.883. The van der Waals surface area contributed by atoms with E-state index in [4.69, 9.17) is 27.9 Å². The maximum absolute atomic E-state index is 9.79. The van der Waals surface area contributed by atoms with Crippen LogP contribution in [0.15, 0.2) is 36.4 Å². The van der Waals surface area contributed by atoms with E-state index >= 15 is 0 Å². The number of phenolic OH excluding ortho intramolecular Hbond substituents is 1. The Morgan fingerprint density at radius 3 is 2.63 bits per heavy atom. The van der Waals surface area contributed by atoms with E-state index in [1.807, 2.05) is 6.07 Å². The third-order valence-electron chi connectivity index (χ3n) is 2.71. The van der Waals surface area contributed by atoms with Crippen molar-refractivity contribution in [3.8, 4) is 11.5 Å². The molecule has 19 heavy (non-hydrogen) atoms. The topological polar surface area (TPSA) is 41.5 Å². The number of aromatic hydroxyl groups is 1. The van der Waals surface area contributed by atoms with Gasteiger partial charge in [-0.3, -0.25) is 0 Å². The first kappa shape index (κ1) is 13.8. The maximum Gasteiger partial charge on any atom is 0.139 e. The third-order valence-corrected chi connectivity index (χ3v) is 3.31. The Labute approximate surface area is 121 Å². The molecule has 100 valence electrons. The molecule has 0 heterocycles. The van der Waals surface area contributed by atoms with Crippen molar-refractivity contribution >= 4 is 28.9 Å². The first-order valence-corrected chi connectivity index (χ1v) is 6.41. The van der Waals surface area contributed by atoms with Crippen LogP contribution in [0.5, 0.6) is 11.5 Å². The van der Waals surface area contributed by atoms with Crippen LogP contribution in [0, 0.1) is 0 Å². The summed E-state index contributed by atoms with van der Waals surface area (Å²) in [6.07, 6.45) is 0. The molecular weight excluding hydrogens is 285 g/mol. The van der Waals surface area contributed by atoms with Gasteiger partial charge in [-0.1, -0.05) is 35.3 Å². The monoisotopic (exact) mass is 297 g/mol. The Morgan fingerprint density at radius 2 is 1.95 bits per heavy atom. The Balaban J connectivity index is 2.10. The number of para-hydroxylation sites is 1. The molecule has 2 aromatic carbocycles. The minimum Gasteiger partial charge on any atom is -0.506 e. The van der Waals surface area contributed by atoms with Gasteiger partial charge in [0.2, 0.25) is 0 Å². The van der Waals surface area contributed by atoms with Crippen LogP contribution in [-0.2, 0) is 6.54 Å². The molecule has 0 aliphatic rings. The fraction of sp³-hybridized carbons (Fsp3) is 0.143. The highest BCUT2D eigenvalue weighted by Crippen LogP contribution is 2.29. The zero-order valence-electron chi connectivity index (χ0n) is 10.3. The lowest BCUT2D eigenvalue weighted by Gasteiger charge is -2.10. The number of halogens is 2. The van der Waals surface area contributed by atoms with Gasteiger partial charge < -0.3 is 15.2 Å². The molecule has 2 aromatic rings. The molecule has 0 fully saturated rings. The maximum atomic E-state index is 9.79. The lowest BCUT2D eigenvalue weighted by Crippen LogP contribution is -2.00. The molecule has 0 saturated heterocycles. The molecule has 0 spiro atoms. The second-order valence-corrected chi connectivity index (χ2v) is 4.76. The Morgan fingerprint density at radius 1 is 1.16 bits per heavy atom. The molecule has 0 saturated carbocycles. The zero-order valence-corrected chi connectivity index (χ0v) is 11.8. The van der Waals surface area contributed by atoms with Crippen molar-refractivity contribution in [1.82, 2.24) is 0 Å². The van der Waals surface area contributed by atoms with E-state index in [1.165, 1.54) is 0 Å². The molecule has 0 radical (unpaired) electrons. The van der Waals surface area contributed by atoms with E-state index in [2.05, 4.69) is 5.32 Å². The molecule has 0 atom stereocenters. The lowest BCUT2D eigenvalue weighted by molar-refractivity contribution is 0.415. The van der Waals surface area contributed by atoms with Crippen molar-refractivity contribution in [2.45, 2.75) is 6.54 Å². The highest BCUT2D eigenvalue weighted by atomic mass is 35.5. The van der Waals surface area contributed by atoms with E-state index in [0.717, 1.165) is 11.3 Å². The van der Waals surface area contributed by atoms with Gasteiger partial charge in [0, 0.05) is 17.8 Å². The normalized spacial score (nSPS) is 10.3. The van der Waals surface area contributed by atoms with Crippen molar-refractivity contribution in [1.29, 1.82) is 0 Å². The zero-order chi connectivity index (χ0) is 13.8. The van der Waals surface area contributed by atoms with E-state index in [0.29, 0.717) is 22.3 Å². The molecule has 0 aliphatic carbocycles. The minimum atomic E-state index is 0.0938. The fourth-order valence-electron chi connectivity index (χ4n) is 1.68. The lowest BCUT2D eigenvalue weighted by atomic mass is 10.2. The number of anilines is 1. The number of ether oxygens (including phenoxy) is 1. The summed E-state index contributed by atoms with van der Waals surface area (Å²) in [5, 5.41) is 13.8. The first-order valence-electron chi connectivity index (χ1n) is 5.65. The van der Waals surface area contributed by atoms with Gasteiger partial charge >= 0.3 is 0 Å². The van der Waals surface area contributed by atoms with E-state index in [9.17, 15) is 5.11 Å². The van der Waals surface area contributed by atoms with Crippen molar-refractivity contribution in [2.75, 3.05) is 12.4 Å². The van der Waals surface area contributed by atoms with Crippen LogP contribution in [0.2, 0.25) is 10.0 Å². The molecule has 2 N–H and O–H groups in total. The van der Waals surface area contributed by atoms with Crippen molar-refractivity contribution < 1.29 is 9.84 Å². The van der Waals surface area contributed by atoms with Crippen LogP contribution in [0.4, 0.5) is 5.69 Å². The fourth-order valence-corrected chi connectivity index (χ4v) is 2.13. The van der Waals surface area contributed by atoms with Crippen LogP contribution in [0.1, 0.15) is 5.56 Å². The van der Waals surface area contributed by atoms with Gasteiger partial charge in [-0.2, -0.15) is 0 Å². The van der Waals surface area contributed by atoms with E-state index < -0.39 is 0 Å². The number of rotatable bonds is 4. The molecule has 0 aromatic heterocycles. The van der Waals surface area contributed by atoms with Crippen molar-refractivity contribution in [3.63, 3.8) is 0 Å². The standard InChI is InChI=1S/C14H13Cl2NO2/c1-19-13-6-5-10(7-12(13)16)17-8-9-3-2-4-11(15)14(9)18/h2-7,17-18H,8H2,1H3. The van der Waals surface area contributed by atoms with Gasteiger partial charge in [0.05, 0.1) is 17.2 Å². The highest BCUT2D eigenvalue weighted by Gasteiger charge is 2.06. The summed E-state index contributed by atoms with van der Waals surface area (Å²) in [7, 11) is 1.57. The molecule has 0 aliphatic heterocycles. The van der Waals surface area contributed by atoms with Gasteiger partial charge in [0.1, 0.15) is 11.5 Å². The van der Waals surface area contributed by atoms with Gasteiger partial charge in [0.25, 0.3) is 0 Å². The van der Waals surface area contributed by atoms with Gasteiger partial charge in [-0.15, -0.1) is 0 Å². The minimum absolute atomic E-state index is 0.0938. The summed E-state index contributed by atoms with van der Waals surface area (Å²) in [5.74, 6) is 0.717. The largest absolute Gasteiger partial charge is 0.506 e. The number of nitrogens with one attached hydrogen (secondary N) is 1. The van der Waals surface area contributed by atoms with Gasteiger partial charge in [-0.25, -0.2) is 0 Å². The SMILES string of the molecule is COc1ccc(NCc2cccc(Cl)c2O)cc1Cl. The third kappa shape index (κ3) is 3.25. The summed E-state index contributed by atoms with van der Waals surface area (Å²) in [6.45, 7) is 0.453. The van der Waals surface area contributed by atoms with Gasteiger partial charge in [-0.05, 0) is 24.3 Å². The molecule has 2 rings (SSSR count). The number of hydrogen-bond acceptors (Lipinski definition) is 3. The van der Waals surface area contributed by atoms with Crippen LogP contribution < -0.4 is 10.1 Å². The predicted octanol–water partition coefficient (Wildman–Crippen LogP) is 4.32. The molecule has 0 unspecified atom stereocenters. The summed E-state index contributed by atoms with van der Waals surface area (Å²) >= 11 is 11.9. The molecular formula is C14H13Cl2NO2. The van der Waals surface area contributed by atoms with Crippen molar-refractivity contribution in [2.24, 2.45) is 0 Å². The summed E-state index contributed by atoms with van der Waals surface area (Å²) in [5.41, 5.74) is 1.56. The van der Waals surface area contributed by atoms with Crippen LogP contribution in [0.3, 0.4) is 0 Å². The Hall–Kier alpha value is -1.58. The van der Waals surface area contributed by atoms with E-state index in [1.54, 1.807) is 37.4 Å². The van der Waals surface area contributed by atoms with Crippen molar-refractivity contribution in [3.05, 3.63) is 52.0 Å². The summed E-state index contributed by atoms with van der Waals surface area (Å²) < 4.78 is 5.08. The van der Waals surface area contributed by atoms with Gasteiger partial charge in [0.15, 0.2) is 0 Å². The summed E-state index contributed by atoms with van der Waals surface area (Å²) in [4.78, 5) is 0. The number of benzene rings is 2. The smallest absolute Gasteiger partial charge is 0.139 e. The molecule has 5 heteroatoms. The number of phenols is 1. The Bertz CT molecular complexity index is 588. The average molecular weight is 298 g/mol. The predicted molar refractivity (Wildman–Crippen MR) is 78.4 cm³/mol.